The molecule has 2 aliphatic rings. The number of rotatable bonds is 10. The molecule has 2 atom stereocenters. The van der Waals surface area contributed by atoms with Gasteiger partial charge >= 0.3 is 0 Å². The number of nitrogens with zero attached hydrogens (tertiary/aromatic N) is 6. The Balaban J connectivity index is 1.22. The fraction of sp³-hybridized carbons (Fsp3) is 0.465. The van der Waals surface area contributed by atoms with Crippen LogP contribution >= 0.6 is 0 Å². The molecule has 0 saturated carbocycles. The van der Waals surface area contributed by atoms with E-state index in [1.54, 1.807) is 12.4 Å². The molecular formula is C43H53N7O2. The van der Waals surface area contributed by atoms with Gasteiger partial charge in [-0.25, -0.2) is 9.36 Å². The van der Waals surface area contributed by atoms with Crippen LogP contribution in [0.4, 0.5) is 5.82 Å². The van der Waals surface area contributed by atoms with Crippen LogP contribution in [-0.4, -0.2) is 41.0 Å². The average molecular weight is 700 g/mol. The highest BCUT2D eigenvalue weighted by Crippen LogP contribution is 2.44. The molecule has 52 heavy (non-hydrogen) atoms. The first kappa shape index (κ1) is 35.6. The van der Waals surface area contributed by atoms with Crippen molar-refractivity contribution in [2.24, 2.45) is 0 Å². The van der Waals surface area contributed by atoms with Crippen molar-refractivity contribution >= 4 is 17.5 Å². The molecule has 7 rings (SSSR count). The summed E-state index contributed by atoms with van der Waals surface area (Å²) in [7, 11) is 0. The standard InChI is InChI=1S/C43H53N7O2/c1-9-43(10-2,24-37(51)33-26-45-50-39(33)46-35(23-42(50,7)8)30-19-15-12-16-20-30)34-27-48(47-38(34)28(3)4)40(52)32-25-44-49-36(32)21-31(22-41(49,5)6)29-17-13-11-14-18-29/h11-20,25-28,31,35,46H,9-10,21-24H2,1-8H3. The third-order valence-corrected chi connectivity index (χ3v) is 11.9. The van der Waals surface area contributed by atoms with Gasteiger partial charge in [0.15, 0.2) is 5.78 Å². The summed E-state index contributed by atoms with van der Waals surface area (Å²) in [5.74, 6) is 0.958. The topological polar surface area (TPSA) is 99.6 Å². The number of benzene rings is 2. The third-order valence-electron chi connectivity index (χ3n) is 11.9. The summed E-state index contributed by atoms with van der Waals surface area (Å²) in [6, 6.07) is 21.0. The summed E-state index contributed by atoms with van der Waals surface area (Å²) in [5, 5.41) is 18.2. The molecule has 2 unspecified atom stereocenters. The molecule has 0 fully saturated rings. The lowest BCUT2D eigenvalue weighted by Gasteiger charge is -2.38. The zero-order valence-corrected chi connectivity index (χ0v) is 32.0. The third kappa shape index (κ3) is 6.11. The number of hydrogen-bond acceptors (Lipinski definition) is 6. The van der Waals surface area contributed by atoms with Crippen LogP contribution in [0.2, 0.25) is 0 Å². The monoisotopic (exact) mass is 699 g/mol. The predicted molar refractivity (Wildman–Crippen MR) is 205 cm³/mol. The molecule has 3 aromatic heterocycles. The Bertz CT molecular complexity index is 2080. The molecule has 0 saturated heterocycles. The van der Waals surface area contributed by atoms with Crippen LogP contribution in [0.15, 0.2) is 79.3 Å². The van der Waals surface area contributed by atoms with Crippen molar-refractivity contribution in [1.29, 1.82) is 0 Å². The normalized spacial score (nSPS) is 19.2. The van der Waals surface area contributed by atoms with Crippen LogP contribution in [0.1, 0.15) is 154 Å². The molecule has 9 heteroatoms. The fourth-order valence-electron chi connectivity index (χ4n) is 8.89. The first-order valence-corrected chi connectivity index (χ1v) is 19.0. The van der Waals surface area contributed by atoms with Crippen molar-refractivity contribution < 1.29 is 9.59 Å². The molecule has 0 amide bonds. The number of nitrogens with one attached hydrogen (secondary N) is 1. The highest BCUT2D eigenvalue weighted by Gasteiger charge is 2.42. The molecule has 0 spiro atoms. The van der Waals surface area contributed by atoms with Gasteiger partial charge in [0, 0.05) is 23.6 Å². The van der Waals surface area contributed by atoms with Gasteiger partial charge < -0.3 is 5.32 Å². The molecule has 5 heterocycles. The summed E-state index contributed by atoms with van der Waals surface area (Å²) in [6.07, 6.45) is 9.61. The first-order chi connectivity index (χ1) is 24.8. The van der Waals surface area contributed by atoms with Crippen molar-refractivity contribution in [2.45, 2.75) is 128 Å². The minimum atomic E-state index is -0.522. The van der Waals surface area contributed by atoms with Crippen molar-refractivity contribution in [3.8, 4) is 0 Å². The summed E-state index contributed by atoms with van der Waals surface area (Å²) < 4.78 is 5.53. The Kier molecular flexibility index (Phi) is 9.12. The summed E-state index contributed by atoms with van der Waals surface area (Å²) in [5.41, 5.74) is 5.38. The van der Waals surface area contributed by atoms with Crippen LogP contribution < -0.4 is 5.32 Å². The molecule has 5 aromatic rings. The minimum Gasteiger partial charge on any atom is -0.363 e. The van der Waals surface area contributed by atoms with E-state index in [2.05, 4.69) is 109 Å². The Morgan fingerprint density at radius 2 is 1.44 bits per heavy atom. The quantitative estimate of drug-likeness (QED) is 0.146. The van der Waals surface area contributed by atoms with Crippen molar-refractivity contribution in [1.82, 2.24) is 29.3 Å². The number of fused-ring (bicyclic) bond motifs is 2. The maximum absolute atomic E-state index is 14.5. The number of carbonyl (C=O) groups excluding carboxylic acids is 2. The molecule has 2 aromatic carbocycles. The van der Waals surface area contributed by atoms with Gasteiger partial charge in [-0.1, -0.05) is 88.4 Å². The van der Waals surface area contributed by atoms with Gasteiger partial charge in [-0.3, -0.25) is 14.3 Å². The molecule has 0 bridgehead atoms. The van der Waals surface area contributed by atoms with E-state index >= 15 is 0 Å². The van der Waals surface area contributed by atoms with Crippen LogP contribution in [0, 0.1) is 0 Å². The van der Waals surface area contributed by atoms with E-state index in [-0.39, 0.29) is 47.1 Å². The molecule has 2 aliphatic heterocycles. The largest absolute Gasteiger partial charge is 0.363 e. The van der Waals surface area contributed by atoms with E-state index in [0.29, 0.717) is 11.1 Å². The number of carbonyl (C=O) groups is 2. The van der Waals surface area contributed by atoms with Crippen molar-refractivity contribution in [2.75, 3.05) is 5.32 Å². The zero-order valence-electron chi connectivity index (χ0n) is 32.0. The van der Waals surface area contributed by atoms with Crippen molar-refractivity contribution in [3.63, 3.8) is 0 Å². The lowest BCUT2D eigenvalue weighted by atomic mass is 9.71. The van der Waals surface area contributed by atoms with Gasteiger partial charge in [0.05, 0.1) is 52.0 Å². The van der Waals surface area contributed by atoms with E-state index in [9.17, 15) is 9.59 Å². The maximum atomic E-state index is 14.5. The molecule has 1 N–H and O–H groups in total. The SMILES string of the molecule is CCC(CC)(CC(=O)c1cnn2c1NC(c1ccccc1)CC2(C)C)c1cn(C(=O)c2cnn3c2CC(c2ccccc2)CC3(C)C)nc1C(C)C. The van der Waals surface area contributed by atoms with Crippen LogP contribution in [-0.2, 0) is 22.9 Å². The average Bonchev–Trinajstić information content (AvgIpc) is 3.89. The number of hydrogen-bond donors (Lipinski definition) is 1. The van der Waals surface area contributed by atoms with E-state index < -0.39 is 5.41 Å². The van der Waals surface area contributed by atoms with Gasteiger partial charge in [-0.15, -0.1) is 0 Å². The Morgan fingerprint density at radius 3 is 2.08 bits per heavy atom. The summed E-state index contributed by atoms with van der Waals surface area (Å²) in [4.78, 5) is 29.0. The van der Waals surface area contributed by atoms with Gasteiger partial charge in [0.25, 0.3) is 5.91 Å². The van der Waals surface area contributed by atoms with Gasteiger partial charge in [0.2, 0.25) is 0 Å². The van der Waals surface area contributed by atoms with Gasteiger partial charge in [0.1, 0.15) is 5.82 Å². The first-order valence-electron chi connectivity index (χ1n) is 19.0. The second-order valence-corrected chi connectivity index (χ2v) is 16.6. The van der Waals surface area contributed by atoms with E-state index in [1.807, 2.05) is 27.7 Å². The Hall–Kier alpha value is -4.79. The zero-order chi connectivity index (χ0) is 37.0. The number of Topliss-reactive ketones (excluding diaryl/α,β-unsaturated/α-hetero) is 1. The maximum Gasteiger partial charge on any atom is 0.281 e. The van der Waals surface area contributed by atoms with E-state index in [0.717, 1.165) is 54.9 Å². The second-order valence-electron chi connectivity index (χ2n) is 16.6. The van der Waals surface area contributed by atoms with Gasteiger partial charge in [-0.2, -0.15) is 15.3 Å². The number of ketones is 1. The predicted octanol–water partition coefficient (Wildman–Crippen LogP) is 9.18. The number of anilines is 1. The Labute approximate surface area is 307 Å². The van der Waals surface area contributed by atoms with Crippen LogP contribution in [0.3, 0.4) is 0 Å². The van der Waals surface area contributed by atoms with Crippen molar-refractivity contribution in [3.05, 3.63) is 118 Å². The second kappa shape index (κ2) is 13.3. The fourth-order valence-corrected chi connectivity index (χ4v) is 8.89. The van der Waals surface area contributed by atoms with E-state index in [1.165, 1.54) is 15.8 Å². The molecule has 272 valence electrons. The molecule has 0 radical (unpaired) electrons. The molecule has 0 aliphatic carbocycles. The lowest BCUT2D eigenvalue weighted by Crippen LogP contribution is -2.38. The Morgan fingerprint density at radius 1 is 0.846 bits per heavy atom. The highest BCUT2D eigenvalue weighted by atomic mass is 16.2. The van der Waals surface area contributed by atoms with E-state index in [4.69, 9.17) is 15.3 Å². The van der Waals surface area contributed by atoms with Gasteiger partial charge in [-0.05, 0) is 82.8 Å². The summed E-state index contributed by atoms with van der Waals surface area (Å²) in [6.45, 7) is 17.2. The molecular weight excluding hydrogens is 647 g/mol. The highest BCUT2D eigenvalue weighted by molar-refractivity contribution is 6.01. The van der Waals surface area contributed by atoms with Crippen LogP contribution in [0.25, 0.3) is 0 Å². The number of aromatic nitrogens is 6. The smallest absolute Gasteiger partial charge is 0.281 e. The summed E-state index contributed by atoms with van der Waals surface area (Å²) >= 11 is 0. The minimum absolute atomic E-state index is 0.0376. The lowest BCUT2D eigenvalue weighted by molar-refractivity contribution is 0.0938. The molecule has 9 nitrogen and oxygen atoms in total. The van der Waals surface area contributed by atoms with Crippen LogP contribution in [0.5, 0.6) is 0 Å².